The average Bonchev–Trinajstić information content (AvgIpc) is 2.92. The summed E-state index contributed by atoms with van der Waals surface area (Å²) in [5.41, 5.74) is 1.14. The highest BCUT2D eigenvalue weighted by Gasteiger charge is 2.32. The maximum absolute atomic E-state index is 11.7. The van der Waals surface area contributed by atoms with Crippen LogP contribution in [-0.2, 0) is 9.59 Å². The lowest BCUT2D eigenvalue weighted by Gasteiger charge is -2.02. The third kappa shape index (κ3) is 5.69. The fourth-order valence-electron chi connectivity index (χ4n) is 1.89. The molecule has 1 atom stereocenters. The number of amidine groups is 1. The summed E-state index contributed by atoms with van der Waals surface area (Å²) in [6.45, 7) is 0.0600. The summed E-state index contributed by atoms with van der Waals surface area (Å²) < 4.78 is 0. The molecule has 1 saturated heterocycles. The molecule has 1 heterocycles. The zero-order chi connectivity index (χ0) is 18.2. The van der Waals surface area contributed by atoms with E-state index in [9.17, 15) is 14.4 Å². The number of carboxylic acids is 1. The molecule has 2 amide bonds. The Morgan fingerprint density at radius 1 is 1.32 bits per heavy atom. The SMILES string of the molecule is O=C(O)CC1SC(=NN=Cc2ccc(C(=O)NCCO)cc2)NC1=O. The fourth-order valence-corrected chi connectivity index (χ4v) is 2.80. The summed E-state index contributed by atoms with van der Waals surface area (Å²) in [6.07, 6.45) is 1.17. The van der Waals surface area contributed by atoms with Gasteiger partial charge in [-0.15, -0.1) is 5.10 Å². The van der Waals surface area contributed by atoms with Crippen LogP contribution in [0.1, 0.15) is 22.3 Å². The number of benzene rings is 1. The lowest BCUT2D eigenvalue weighted by atomic mass is 10.1. The first-order valence-electron chi connectivity index (χ1n) is 7.29. The number of thioether (sulfide) groups is 1. The summed E-state index contributed by atoms with van der Waals surface area (Å²) in [5, 5.41) is 29.6. The number of carboxylic acid groups (broad SMARTS) is 1. The van der Waals surface area contributed by atoms with Gasteiger partial charge in [0.25, 0.3) is 5.91 Å². The standard InChI is InChI=1S/C15H16N4O5S/c20-6-5-16-13(23)10-3-1-9(2-4-10)8-17-19-15-18-14(24)11(25-15)7-12(21)22/h1-4,8,11,20H,5-7H2,(H,16,23)(H,21,22)(H,18,19,24). The Morgan fingerprint density at radius 2 is 2.04 bits per heavy atom. The van der Waals surface area contributed by atoms with Crippen molar-refractivity contribution in [1.29, 1.82) is 0 Å². The molecule has 1 unspecified atom stereocenters. The zero-order valence-corrected chi connectivity index (χ0v) is 13.8. The molecule has 0 aromatic heterocycles. The van der Waals surface area contributed by atoms with Gasteiger partial charge in [0, 0.05) is 12.1 Å². The second-order valence-corrected chi connectivity index (χ2v) is 6.14. The van der Waals surface area contributed by atoms with Gasteiger partial charge in [-0.2, -0.15) is 5.10 Å². The van der Waals surface area contributed by atoms with Crippen molar-refractivity contribution in [2.75, 3.05) is 13.2 Å². The van der Waals surface area contributed by atoms with Gasteiger partial charge >= 0.3 is 5.97 Å². The molecule has 1 aliphatic rings. The van der Waals surface area contributed by atoms with Gasteiger partial charge in [-0.05, 0) is 17.7 Å². The average molecular weight is 364 g/mol. The molecule has 132 valence electrons. The van der Waals surface area contributed by atoms with E-state index in [-0.39, 0.29) is 30.6 Å². The van der Waals surface area contributed by atoms with Gasteiger partial charge in [-0.25, -0.2) is 0 Å². The van der Waals surface area contributed by atoms with Crippen molar-refractivity contribution >= 4 is 40.9 Å². The largest absolute Gasteiger partial charge is 0.481 e. The van der Waals surface area contributed by atoms with Crippen molar-refractivity contribution in [3.8, 4) is 0 Å². The number of nitrogens with one attached hydrogen (secondary N) is 2. The molecule has 0 radical (unpaired) electrons. The lowest BCUT2D eigenvalue weighted by Crippen LogP contribution is -2.26. The van der Waals surface area contributed by atoms with E-state index in [0.29, 0.717) is 11.1 Å². The molecule has 0 saturated carbocycles. The van der Waals surface area contributed by atoms with Crippen LogP contribution < -0.4 is 10.6 Å². The maximum Gasteiger partial charge on any atom is 0.305 e. The van der Waals surface area contributed by atoms with Crippen LogP contribution in [-0.4, -0.2) is 57.8 Å². The smallest absolute Gasteiger partial charge is 0.305 e. The Hall–Kier alpha value is -2.72. The highest BCUT2D eigenvalue weighted by molar-refractivity contribution is 8.15. The number of hydrogen-bond donors (Lipinski definition) is 4. The monoisotopic (exact) mass is 364 g/mol. The van der Waals surface area contributed by atoms with Crippen molar-refractivity contribution in [3.63, 3.8) is 0 Å². The number of hydrogen-bond acceptors (Lipinski definition) is 7. The quantitative estimate of drug-likeness (QED) is 0.390. The molecular formula is C15H16N4O5S. The molecule has 25 heavy (non-hydrogen) atoms. The Balaban J connectivity index is 1.93. The zero-order valence-electron chi connectivity index (χ0n) is 13.0. The van der Waals surface area contributed by atoms with E-state index in [1.807, 2.05) is 0 Å². The minimum absolute atomic E-state index is 0.126. The van der Waals surface area contributed by atoms with Crippen LogP contribution in [0.25, 0.3) is 0 Å². The first-order chi connectivity index (χ1) is 12.0. The third-order valence-corrected chi connectivity index (χ3v) is 4.13. The van der Waals surface area contributed by atoms with Gasteiger partial charge in [-0.1, -0.05) is 23.9 Å². The van der Waals surface area contributed by atoms with E-state index in [0.717, 1.165) is 11.8 Å². The van der Waals surface area contributed by atoms with E-state index in [1.165, 1.54) is 6.21 Å². The molecule has 0 aliphatic carbocycles. The van der Waals surface area contributed by atoms with Crippen LogP contribution in [0.2, 0.25) is 0 Å². The highest BCUT2D eigenvalue weighted by atomic mass is 32.2. The topological polar surface area (TPSA) is 140 Å². The van der Waals surface area contributed by atoms with Crippen LogP contribution in [0.15, 0.2) is 34.5 Å². The van der Waals surface area contributed by atoms with Crippen LogP contribution in [0, 0.1) is 0 Å². The first kappa shape index (κ1) is 18.6. The summed E-state index contributed by atoms with van der Waals surface area (Å²) in [7, 11) is 0. The molecule has 0 bridgehead atoms. The Labute approximate surface area is 147 Å². The molecule has 1 aromatic rings. The first-order valence-corrected chi connectivity index (χ1v) is 8.17. The van der Waals surface area contributed by atoms with Gasteiger partial charge in [0.1, 0.15) is 5.25 Å². The van der Waals surface area contributed by atoms with Gasteiger partial charge in [0.15, 0.2) is 5.17 Å². The second-order valence-electron chi connectivity index (χ2n) is 4.94. The van der Waals surface area contributed by atoms with Crippen LogP contribution in [0.5, 0.6) is 0 Å². The second kappa shape index (κ2) is 8.94. The van der Waals surface area contributed by atoms with Crippen molar-refractivity contribution in [2.45, 2.75) is 11.7 Å². The van der Waals surface area contributed by atoms with Crippen molar-refractivity contribution in [3.05, 3.63) is 35.4 Å². The number of carbonyl (C=O) groups excluding carboxylic acids is 2. The summed E-state index contributed by atoms with van der Waals surface area (Å²) in [4.78, 5) is 33.9. The van der Waals surface area contributed by atoms with E-state index in [4.69, 9.17) is 10.2 Å². The van der Waals surface area contributed by atoms with Crippen LogP contribution in [0.3, 0.4) is 0 Å². The Kier molecular flexibility index (Phi) is 6.66. The van der Waals surface area contributed by atoms with Crippen LogP contribution in [0.4, 0.5) is 0 Å². The fraction of sp³-hybridized carbons (Fsp3) is 0.267. The Morgan fingerprint density at radius 3 is 2.68 bits per heavy atom. The van der Waals surface area contributed by atoms with E-state index >= 15 is 0 Å². The molecule has 1 aromatic carbocycles. The van der Waals surface area contributed by atoms with Crippen molar-refractivity contribution in [2.24, 2.45) is 10.2 Å². The Bertz CT molecular complexity index is 717. The van der Waals surface area contributed by atoms with Gasteiger partial charge in [-0.3, -0.25) is 14.4 Å². The number of aliphatic hydroxyl groups is 1. The van der Waals surface area contributed by atoms with E-state index in [2.05, 4.69) is 20.8 Å². The van der Waals surface area contributed by atoms with E-state index in [1.54, 1.807) is 24.3 Å². The normalized spacial score (nSPS) is 18.5. The molecule has 2 rings (SSSR count). The lowest BCUT2D eigenvalue weighted by molar-refractivity contribution is -0.138. The number of amides is 2. The van der Waals surface area contributed by atoms with Gasteiger partial charge in [0.2, 0.25) is 5.91 Å². The van der Waals surface area contributed by atoms with Crippen molar-refractivity contribution < 1.29 is 24.6 Å². The third-order valence-electron chi connectivity index (χ3n) is 3.06. The number of aliphatic carboxylic acids is 1. The number of nitrogens with zero attached hydrogens (tertiary/aromatic N) is 2. The van der Waals surface area contributed by atoms with Gasteiger partial charge in [0.05, 0.1) is 19.2 Å². The summed E-state index contributed by atoms with van der Waals surface area (Å²) in [5.74, 6) is -1.74. The molecule has 10 heteroatoms. The molecule has 1 aliphatic heterocycles. The molecule has 0 spiro atoms. The number of aliphatic hydroxyl groups excluding tert-OH is 1. The summed E-state index contributed by atoms with van der Waals surface area (Å²) in [6, 6.07) is 6.56. The van der Waals surface area contributed by atoms with Gasteiger partial charge < -0.3 is 20.8 Å². The van der Waals surface area contributed by atoms with Crippen LogP contribution >= 0.6 is 11.8 Å². The van der Waals surface area contributed by atoms with Crippen molar-refractivity contribution in [1.82, 2.24) is 10.6 Å². The predicted molar refractivity (Wildman–Crippen MR) is 92.7 cm³/mol. The molecular weight excluding hydrogens is 348 g/mol. The molecule has 4 N–H and O–H groups in total. The number of rotatable bonds is 7. The van der Waals surface area contributed by atoms with E-state index < -0.39 is 17.1 Å². The summed E-state index contributed by atoms with van der Waals surface area (Å²) >= 11 is 1.02. The predicted octanol–water partition coefficient (Wildman–Crippen LogP) is -0.195. The molecule has 1 fully saturated rings. The molecule has 9 nitrogen and oxygen atoms in total. The number of carbonyl (C=O) groups is 3. The minimum atomic E-state index is -1.06. The maximum atomic E-state index is 11.7. The minimum Gasteiger partial charge on any atom is -0.481 e. The highest BCUT2D eigenvalue weighted by Crippen LogP contribution is 2.22.